The highest BCUT2D eigenvalue weighted by atomic mass is 79.9. The molecule has 0 aliphatic heterocycles. The quantitative estimate of drug-likeness (QED) is 0.218. The second kappa shape index (κ2) is 6.67. The molecule has 1 atom stereocenters. The van der Waals surface area contributed by atoms with E-state index in [1.807, 2.05) is 0 Å². The van der Waals surface area contributed by atoms with Crippen molar-refractivity contribution in [2.45, 2.75) is 18.9 Å². The molecule has 0 bridgehead atoms. The lowest BCUT2D eigenvalue weighted by atomic mass is 10.2. The van der Waals surface area contributed by atoms with E-state index in [1.165, 1.54) is 0 Å². The number of carboxylic acids is 1. The topological polar surface area (TPSA) is 114 Å². The van der Waals surface area contributed by atoms with Crippen molar-refractivity contribution in [1.29, 1.82) is 0 Å². The summed E-state index contributed by atoms with van der Waals surface area (Å²) in [6, 6.07) is -0.603. The van der Waals surface area contributed by atoms with Crippen molar-refractivity contribution in [2.75, 3.05) is 6.54 Å². The smallest absolute Gasteiger partial charge is 0.321 e. The zero-order valence-corrected chi connectivity index (χ0v) is 8.62. The molecule has 0 spiro atoms. The summed E-state index contributed by atoms with van der Waals surface area (Å²) in [5, 5.41) is 8.60. The van der Waals surface area contributed by atoms with Crippen LogP contribution in [-0.2, 0) is 4.79 Å². The second-order valence-corrected chi connectivity index (χ2v) is 2.91. The maximum Gasteiger partial charge on any atom is 0.321 e. The standard InChI is InChI=1S/C6H13BrN4O2/c7-11-4(5(12)13)2-1-3-10-6(8)9/h4,11H,1-3H2,(H,12,13)(H4,8,9,10)/t4-/m1/s1. The Labute approximate surface area is 84.7 Å². The molecule has 0 aromatic carbocycles. The SMILES string of the molecule is NC(N)=NCCC[C@@H](NBr)C(=O)O. The van der Waals surface area contributed by atoms with Gasteiger partial charge in [0.25, 0.3) is 0 Å². The Kier molecular flexibility index (Phi) is 6.25. The number of nitrogens with two attached hydrogens (primary N) is 2. The van der Waals surface area contributed by atoms with Crippen LogP contribution >= 0.6 is 16.1 Å². The molecule has 0 unspecified atom stereocenters. The first-order valence-corrected chi connectivity index (χ1v) is 4.51. The summed E-state index contributed by atoms with van der Waals surface area (Å²) in [7, 11) is 0. The van der Waals surface area contributed by atoms with Crippen LogP contribution in [0.1, 0.15) is 12.8 Å². The molecule has 0 aliphatic carbocycles. The highest BCUT2D eigenvalue weighted by Crippen LogP contribution is 1.99. The van der Waals surface area contributed by atoms with Crippen LogP contribution < -0.4 is 15.8 Å². The zero-order valence-electron chi connectivity index (χ0n) is 7.03. The first kappa shape index (κ1) is 12.2. The van der Waals surface area contributed by atoms with Crippen LogP contribution in [0, 0.1) is 0 Å². The van der Waals surface area contributed by atoms with E-state index in [0.29, 0.717) is 19.4 Å². The first-order valence-electron chi connectivity index (χ1n) is 3.72. The van der Waals surface area contributed by atoms with Gasteiger partial charge in [-0.25, -0.2) is 4.34 Å². The predicted molar refractivity (Wildman–Crippen MR) is 53.4 cm³/mol. The summed E-state index contributed by atoms with van der Waals surface area (Å²) in [6.07, 6.45) is 1.09. The maximum absolute atomic E-state index is 10.5. The molecule has 0 fully saturated rings. The first-order chi connectivity index (χ1) is 6.07. The van der Waals surface area contributed by atoms with E-state index in [9.17, 15) is 4.79 Å². The molecule has 0 saturated heterocycles. The number of hydrogen-bond acceptors (Lipinski definition) is 3. The molecule has 0 saturated carbocycles. The molecule has 0 aromatic heterocycles. The van der Waals surface area contributed by atoms with Gasteiger partial charge in [-0.05, 0) is 12.8 Å². The largest absolute Gasteiger partial charge is 0.480 e. The number of carbonyl (C=O) groups is 1. The molecule has 0 amide bonds. The second-order valence-electron chi connectivity index (χ2n) is 2.45. The average molecular weight is 253 g/mol. The van der Waals surface area contributed by atoms with Crippen LogP contribution in [-0.4, -0.2) is 29.6 Å². The highest BCUT2D eigenvalue weighted by molar-refractivity contribution is 9.08. The van der Waals surface area contributed by atoms with Gasteiger partial charge in [0.1, 0.15) is 6.04 Å². The van der Waals surface area contributed by atoms with E-state index in [0.717, 1.165) is 0 Å². The van der Waals surface area contributed by atoms with E-state index in [1.54, 1.807) is 0 Å². The minimum absolute atomic E-state index is 0.0266. The van der Waals surface area contributed by atoms with Gasteiger partial charge in [0, 0.05) is 22.7 Å². The van der Waals surface area contributed by atoms with Crippen molar-refractivity contribution < 1.29 is 9.90 Å². The number of aliphatic imine (C=N–C) groups is 1. The van der Waals surface area contributed by atoms with Gasteiger partial charge < -0.3 is 16.6 Å². The van der Waals surface area contributed by atoms with Crippen molar-refractivity contribution in [3.05, 3.63) is 0 Å². The molecule has 13 heavy (non-hydrogen) atoms. The van der Waals surface area contributed by atoms with Crippen molar-refractivity contribution in [1.82, 2.24) is 4.34 Å². The summed E-state index contributed by atoms with van der Waals surface area (Å²) in [4.78, 5) is 14.2. The molecule has 0 aliphatic rings. The number of guanidine groups is 1. The molecule has 0 rings (SSSR count). The zero-order chi connectivity index (χ0) is 10.3. The Morgan fingerprint density at radius 2 is 2.23 bits per heavy atom. The third-order valence-corrected chi connectivity index (χ3v) is 1.93. The number of rotatable bonds is 6. The van der Waals surface area contributed by atoms with E-state index in [-0.39, 0.29) is 5.96 Å². The molecule has 0 heterocycles. The van der Waals surface area contributed by atoms with Gasteiger partial charge >= 0.3 is 5.97 Å². The number of nitrogens with one attached hydrogen (secondary N) is 1. The molecule has 7 heteroatoms. The van der Waals surface area contributed by atoms with Gasteiger partial charge in [0.05, 0.1) is 0 Å². The summed E-state index contributed by atoms with van der Waals surface area (Å²) in [6.45, 7) is 0.445. The minimum atomic E-state index is -0.901. The summed E-state index contributed by atoms with van der Waals surface area (Å²) < 4.78 is 2.49. The van der Waals surface area contributed by atoms with E-state index >= 15 is 0 Å². The maximum atomic E-state index is 10.5. The fourth-order valence-electron chi connectivity index (χ4n) is 0.728. The molecule has 0 aromatic rings. The lowest BCUT2D eigenvalue weighted by Gasteiger charge is -2.07. The van der Waals surface area contributed by atoms with Gasteiger partial charge in [0.15, 0.2) is 5.96 Å². The third-order valence-electron chi connectivity index (χ3n) is 1.38. The Morgan fingerprint density at radius 3 is 2.62 bits per heavy atom. The van der Waals surface area contributed by atoms with Crippen LogP contribution in [0.25, 0.3) is 0 Å². The van der Waals surface area contributed by atoms with Crippen molar-refractivity contribution in [3.8, 4) is 0 Å². The molecule has 6 N–H and O–H groups in total. The van der Waals surface area contributed by atoms with Crippen molar-refractivity contribution in [2.24, 2.45) is 16.5 Å². The van der Waals surface area contributed by atoms with Gasteiger partial charge in [0.2, 0.25) is 0 Å². The molecule has 0 radical (unpaired) electrons. The van der Waals surface area contributed by atoms with Crippen LogP contribution in [0.2, 0.25) is 0 Å². The predicted octanol–water partition coefficient (Wildman–Crippen LogP) is -0.607. The van der Waals surface area contributed by atoms with Crippen LogP contribution in [0.5, 0.6) is 0 Å². The van der Waals surface area contributed by atoms with E-state index in [4.69, 9.17) is 16.6 Å². The average Bonchev–Trinajstić information content (AvgIpc) is 2.03. The van der Waals surface area contributed by atoms with Crippen LogP contribution in [0.4, 0.5) is 0 Å². The van der Waals surface area contributed by atoms with Gasteiger partial charge in [-0.3, -0.25) is 9.79 Å². The lowest BCUT2D eigenvalue weighted by molar-refractivity contribution is -0.139. The number of halogens is 1. The van der Waals surface area contributed by atoms with Crippen molar-refractivity contribution >= 4 is 28.1 Å². The van der Waals surface area contributed by atoms with Crippen LogP contribution in [0.3, 0.4) is 0 Å². The molecule has 76 valence electrons. The van der Waals surface area contributed by atoms with E-state index < -0.39 is 12.0 Å². The Hall–Kier alpha value is -0.820. The summed E-state index contributed by atoms with van der Waals surface area (Å²) in [5.41, 5.74) is 10.2. The Morgan fingerprint density at radius 1 is 1.62 bits per heavy atom. The van der Waals surface area contributed by atoms with Crippen molar-refractivity contribution in [3.63, 3.8) is 0 Å². The Balaban J connectivity index is 3.62. The number of aliphatic carboxylic acids is 1. The third kappa shape index (κ3) is 6.35. The van der Waals surface area contributed by atoms with Crippen LogP contribution in [0.15, 0.2) is 4.99 Å². The highest BCUT2D eigenvalue weighted by Gasteiger charge is 2.14. The number of carboxylic acid groups (broad SMARTS) is 1. The minimum Gasteiger partial charge on any atom is -0.480 e. The molecule has 6 nitrogen and oxygen atoms in total. The van der Waals surface area contributed by atoms with Gasteiger partial charge in [-0.2, -0.15) is 0 Å². The number of hydrogen-bond donors (Lipinski definition) is 4. The lowest BCUT2D eigenvalue weighted by Crippen LogP contribution is -2.30. The monoisotopic (exact) mass is 252 g/mol. The summed E-state index contributed by atoms with van der Waals surface area (Å²) >= 11 is 2.88. The normalized spacial score (nSPS) is 12.1. The fourth-order valence-corrected chi connectivity index (χ4v) is 1.15. The molecular weight excluding hydrogens is 240 g/mol. The fraction of sp³-hybridized carbons (Fsp3) is 0.667. The number of nitrogens with zero attached hydrogens (tertiary/aromatic N) is 1. The van der Waals surface area contributed by atoms with Gasteiger partial charge in [-0.1, -0.05) is 0 Å². The van der Waals surface area contributed by atoms with E-state index in [2.05, 4.69) is 25.5 Å². The Bertz CT molecular complexity index is 193. The summed E-state index contributed by atoms with van der Waals surface area (Å²) in [5.74, 6) is -0.875. The van der Waals surface area contributed by atoms with Gasteiger partial charge in [-0.15, -0.1) is 0 Å². The molecular formula is C6H13BrN4O2.